The largest absolute Gasteiger partial charge is 0.469 e. The van der Waals surface area contributed by atoms with Crippen molar-refractivity contribution in [1.82, 2.24) is 14.5 Å². The summed E-state index contributed by atoms with van der Waals surface area (Å²) < 4.78 is 7.46. The molecule has 0 atom stereocenters. The first kappa shape index (κ1) is 12.2. The van der Waals surface area contributed by atoms with E-state index in [9.17, 15) is 0 Å². The van der Waals surface area contributed by atoms with Gasteiger partial charge in [-0.15, -0.1) is 0 Å². The smallest absolute Gasteiger partial charge is 0.140 e. The topological polar surface area (TPSA) is 47.1 Å². The Morgan fingerprint density at radius 3 is 3.00 bits per heavy atom. The third-order valence-electron chi connectivity index (χ3n) is 3.84. The molecule has 0 saturated carbocycles. The molecule has 0 radical (unpaired) electrons. The third-order valence-corrected chi connectivity index (χ3v) is 3.84. The number of pyridine rings is 1. The first-order valence-electron chi connectivity index (χ1n) is 7.16. The summed E-state index contributed by atoms with van der Waals surface area (Å²) in [5.41, 5.74) is 1.27. The molecular weight excluding hydrogens is 264 g/mol. The van der Waals surface area contributed by atoms with Crippen LogP contribution in [0.4, 0.5) is 5.82 Å². The lowest BCUT2D eigenvalue weighted by Gasteiger charge is -2.22. The Labute approximate surface area is 122 Å². The van der Waals surface area contributed by atoms with Crippen LogP contribution in [0.2, 0.25) is 0 Å². The molecule has 0 amide bonds. The molecule has 0 unspecified atom stereocenters. The van der Waals surface area contributed by atoms with E-state index in [4.69, 9.17) is 9.40 Å². The molecule has 0 spiro atoms. The van der Waals surface area contributed by atoms with Crippen molar-refractivity contribution in [3.05, 3.63) is 60.6 Å². The van der Waals surface area contributed by atoms with E-state index in [1.54, 1.807) is 18.8 Å². The van der Waals surface area contributed by atoms with Crippen molar-refractivity contribution in [2.75, 3.05) is 11.4 Å². The molecule has 1 aliphatic heterocycles. The Hall–Kier alpha value is -2.56. The predicted molar refractivity (Wildman–Crippen MR) is 79.4 cm³/mol. The van der Waals surface area contributed by atoms with Crippen LogP contribution in [0.15, 0.2) is 53.7 Å². The number of rotatable bonds is 2. The summed E-state index contributed by atoms with van der Waals surface area (Å²) in [7, 11) is 0. The number of nitrogens with zero attached hydrogens (tertiary/aromatic N) is 4. The van der Waals surface area contributed by atoms with Crippen molar-refractivity contribution in [1.29, 1.82) is 0 Å². The summed E-state index contributed by atoms with van der Waals surface area (Å²) in [5, 5.41) is 0. The van der Waals surface area contributed by atoms with Gasteiger partial charge in [-0.05, 0) is 24.6 Å². The van der Waals surface area contributed by atoms with Crippen LogP contribution in [0.3, 0.4) is 0 Å². The molecule has 0 bridgehead atoms. The number of aryl methyl sites for hydroxylation is 1. The molecule has 0 aromatic carbocycles. The second kappa shape index (κ2) is 5.09. The number of hydrogen-bond acceptors (Lipinski definition) is 4. The monoisotopic (exact) mass is 280 g/mol. The van der Waals surface area contributed by atoms with Crippen LogP contribution in [0, 0.1) is 0 Å². The molecule has 21 heavy (non-hydrogen) atoms. The number of fused-ring (bicyclic) bond motifs is 1. The Kier molecular flexibility index (Phi) is 2.96. The van der Waals surface area contributed by atoms with E-state index in [2.05, 4.69) is 22.0 Å². The van der Waals surface area contributed by atoms with Gasteiger partial charge in [0.05, 0.1) is 6.26 Å². The van der Waals surface area contributed by atoms with Crippen molar-refractivity contribution in [3.8, 4) is 5.82 Å². The normalized spacial score (nSPS) is 14.8. The lowest BCUT2D eigenvalue weighted by molar-refractivity contribution is 0.504. The Morgan fingerprint density at radius 2 is 2.10 bits per heavy atom. The van der Waals surface area contributed by atoms with E-state index < -0.39 is 0 Å². The zero-order chi connectivity index (χ0) is 14.1. The molecule has 5 nitrogen and oxygen atoms in total. The molecule has 4 heterocycles. The lowest BCUT2D eigenvalue weighted by Crippen LogP contribution is -2.23. The summed E-state index contributed by atoms with van der Waals surface area (Å²) in [4.78, 5) is 11.1. The summed E-state index contributed by atoms with van der Waals surface area (Å²) in [6.45, 7) is 1.84. The highest BCUT2D eigenvalue weighted by Crippen LogP contribution is 2.24. The van der Waals surface area contributed by atoms with Gasteiger partial charge in [-0.1, -0.05) is 6.07 Å². The van der Waals surface area contributed by atoms with Gasteiger partial charge in [0.15, 0.2) is 0 Å². The maximum absolute atomic E-state index is 5.54. The second-order valence-electron chi connectivity index (χ2n) is 5.22. The van der Waals surface area contributed by atoms with Crippen molar-refractivity contribution in [2.24, 2.45) is 0 Å². The lowest BCUT2D eigenvalue weighted by atomic mass is 10.2. The Balaban J connectivity index is 1.66. The van der Waals surface area contributed by atoms with Gasteiger partial charge in [-0.25, -0.2) is 9.97 Å². The molecule has 0 fully saturated rings. The van der Waals surface area contributed by atoms with Gasteiger partial charge in [0, 0.05) is 37.5 Å². The van der Waals surface area contributed by atoms with Crippen LogP contribution in [-0.2, 0) is 13.0 Å². The maximum Gasteiger partial charge on any atom is 0.140 e. The Bertz CT molecular complexity index is 732. The van der Waals surface area contributed by atoms with Crippen molar-refractivity contribution in [2.45, 2.75) is 19.4 Å². The summed E-state index contributed by atoms with van der Waals surface area (Å²) in [6, 6.07) is 8.16. The van der Waals surface area contributed by atoms with E-state index in [0.717, 1.165) is 43.3 Å². The van der Waals surface area contributed by atoms with Crippen molar-refractivity contribution in [3.63, 3.8) is 0 Å². The van der Waals surface area contributed by atoms with Crippen LogP contribution in [-0.4, -0.2) is 21.1 Å². The summed E-state index contributed by atoms with van der Waals surface area (Å²) in [6.07, 6.45) is 9.30. The van der Waals surface area contributed by atoms with Gasteiger partial charge in [0.25, 0.3) is 0 Å². The molecule has 0 aliphatic carbocycles. The average Bonchev–Trinajstić information content (AvgIpc) is 3.16. The predicted octanol–water partition coefficient (Wildman–Crippen LogP) is 2.81. The number of imidazole rings is 1. The number of hydrogen-bond donors (Lipinski definition) is 0. The average molecular weight is 280 g/mol. The van der Waals surface area contributed by atoms with Gasteiger partial charge < -0.3 is 9.32 Å². The Morgan fingerprint density at radius 1 is 1.14 bits per heavy atom. The van der Waals surface area contributed by atoms with E-state index in [1.807, 2.05) is 22.9 Å². The second-order valence-corrected chi connectivity index (χ2v) is 5.22. The first-order valence-corrected chi connectivity index (χ1v) is 7.16. The number of anilines is 1. The van der Waals surface area contributed by atoms with Crippen LogP contribution in [0.1, 0.15) is 17.7 Å². The van der Waals surface area contributed by atoms with E-state index in [-0.39, 0.29) is 0 Å². The van der Waals surface area contributed by atoms with E-state index >= 15 is 0 Å². The molecule has 0 saturated heterocycles. The quantitative estimate of drug-likeness (QED) is 0.724. The van der Waals surface area contributed by atoms with Gasteiger partial charge in [0.1, 0.15) is 23.7 Å². The minimum absolute atomic E-state index is 0.853. The molecule has 0 N–H and O–H groups in total. The highest BCUT2D eigenvalue weighted by Gasteiger charge is 2.18. The standard InChI is InChI=1S/C16H16N4O/c1-4-15(18-16(5-1)20-9-7-17-12-20)19-8-2-3-14-13(11-19)6-10-21-14/h1,4-7,9-10,12H,2-3,8,11H2. The zero-order valence-corrected chi connectivity index (χ0v) is 11.6. The summed E-state index contributed by atoms with van der Waals surface area (Å²) in [5.74, 6) is 3.00. The van der Waals surface area contributed by atoms with Crippen LogP contribution in [0.25, 0.3) is 5.82 Å². The number of furan rings is 1. The fourth-order valence-corrected chi connectivity index (χ4v) is 2.76. The molecule has 106 valence electrons. The van der Waals surface area contributed by atoms with Crippen LogP contribution in [0.5, 0.6) is 0 Å². The number of aromatic nitrogens is 3. The molecule has 3 aromatic rings. The van der Waals surface area contributed by atoms with Crippen molar-refractivity contribution < 1.29 is 4.42 Å². The highest BCUT2D eigenvalue weighted by atomic mass is 16.3. The first-order chi connectivity index (χ1) is 10.4. The van der Waals surface area contributed by atoms with Gasteiger partial charge in [-0.3, -0.25) is 4.57 Å². The van der Waals surface area contributed by atoms with E-state index in [1.165, 1.54) is 5.56 Å². The maximum atomic E-state index is 5.54. The molecular formula is C16H16N4O. The van der Waals surface area contributed by atoms with Gasteiger partial charge in [-0.2, -0.15) is 0 Å². The van der Waals surface area contributed by atoms with Gasteiger partial charge >= 0.3 is 0 Å². The molecule has 1 aliphatic rings. The molecule has 5 heteroatoms. The van der Waals surface area contributed by atoms with E-state index in [0.29, 0.717) is 0 Å². The van der Waals surface area contributed by atoms with Crippen molar-refractivity contribution >= 4 is 5.82 Å². The zero-order valence-electron chi connectivity index (χ0n) is 11.6. The molecule has 4 rings (SSSR count). The van der Waals surface area contributed by atoms with Crippen LogP contribution >= 0.6 is 0 Å². The van der Waals surface area contributed by atoms with Gasteiger partial charge in [0.2, 0.25) is 0 Å². The van der Waals surface area contributed by atoms with Crippen LogP contribution < -0.4 is 4.90 Å². The minimum atomic E-state index is 0.853. The minimum Gasteiger partial charge on any atom is -0.469 e. The molecule has 3 aromatic heterocycles. The SMILES string of the molecule is c1cc(N2CCCc3occc3C2)nc(-n2ccnc2)c1. The third kappa shape index (κ3) is 2.31. The fourth-order valence-electron chi connectivity index (χ4n) is 2.76. The fraction of sp³-hybridized carbons (Fsp3) is 0.250. The highest BCUT2D eigenvalue weighted by molar-refractivity contribution is 5.44. The summed E-state index contributed by atoms with van der Waals surface area (Å²) >= 11 is 0.